The lowest BCUT2D eigenvalue weighted by atomic mass is 10.0. The van der Waals surface area contributed by atoms with Gasteiger partial charge in [-0.25, -0.2) is 4.98 Å². The average Bonchev–Trinajstić information content (AvgIpc) is 2.71. The molecule has 0 saturated heterocycles. The van der Waals surface area contributed by atoms with Gasteiger partial charge in [0.05, 0.1) is 0 Å². The Morgan fingerprint density at radius 2 is 1.83 bits per heavy atom. The minimum absolute atomic E-state index is 1.00. The van der Waals surface area contributed by atoms with Crippen LogP contribution in [0.3, 0.4) is 0 Å². The molecule has 0 amide bonds. The number of nitrogen functional groups attached to an aromatic ring is 1. The zero-order valence-corrected chi connectivity index (χ0v) is 15.8. The third-order valence-corrected chi connectivity index (χ3v) is 5.56. The molecular formula is C20H32N4. The third-order valence-electron chi connectivity index (χ3n) is 5.56. The smallest absolute Gasteiger partial charge is 0.142 e. The lowest BCUT2D eigenvalue weighted by molar-refractivity contribution is 0.388. The van der Waals surface area contributed by atoms with Crippen LogP contribution in [0.5, 0.6) is 0 Å². The van der Waals surface area contributed by atoms with E-state index in [1.54, 1.807) is 0 Å². The van der Waals surface area contributed by atoms with Crippen LogP contribution in [-0.2, 0) is 19.4 Å². The fourth-order valence-electron chi connectivity index (χ4n) is 4.01. The van der Waals surface area contributed by atoms with Crippen LogP contribution in [0, 0.1) is 13.8 Å². The molecule has 132 valence electrons. The van der Waals surface area contributed by atoms with Crippen LogP contribution >= 0.6 is 0 Å². The van der Waals surface area contributed by atoms with Crippen molar-refractivity contribution >= 4 is 16.7 Å². The van der Waals surface area contributed by atoms with E-state index in [9.17, 15) is 0 Å². The highest BCUT2D eigenvalue weighted by Gasteiger charge is 2.21. The van der Waals surface area contributed by atoms with Gasteiger partial charge in [-0.1, -0.05) is 6.42 Å². The number of aryl methyl sites for hydroxylation is 3. The van der Waals surface area contributed by atoms with E-state index in [0.717, 1.165) is 37.3 Å². The molecule has 4 nitrogen and oxygen atoms in total. The van der Waals surface area contributed by atoms with Crippen LogP contribution in [0.1, 0.15) is 54.6 Å². The number of hydrogen-bond donors (Lipinski definition) is 1. The van der Waals surface area contributed by atoms with Crippen molar-refractivity contribution in [3.05, 3.63) is 22.5 Å². The van der Waals surface area contributed by atoms with Gasteiger partial charge >= 0.3 is 0 Å². The highest BCUT2D eigenvalue weighted by molar-refractivity contribution is 5.95. The zero-order chi connectivity index (χ0) is 17.3. The highest BCUT2D eigenvalue weighted by atomic mass is 15.1. The molecule has 0 atom stereocenters. The molecule has 2 N–H and O–H groups in total. The maximum absolute atomic E-state index is 6.63. The molecular weight excluding hydrogens is 296 g/mol. The van der Waals surface area contributed by atoms with Crippen LogP contribution in [0.15, 0.2) is 0 Å². The first kappa shape index (κ1) is 17.3. The van der Waals surface area contributed by atoms with Crippen molar-refractivity contribution in [2.24, 2.45) is 0 Å². The largest absolute Gasteiger partial charge is 0.398 e. The van der Waals surface area contributed by atoms with Crippen molar-refractivity contribution in [1.29, 1.82) is 0 Å². The minimum atomic E-state index is 1.00. The molecule has 4 heteroatoms. The normalized spacial score (nSPS) is 15.0. The predicted molar refractivity (Wildman–Crippen MR) is 103 cm³/mol. The second-order valence-corrected chi connectivity index (χ2v) is 7.58. The van der Waals surface area contributed by atoms with Gasteiger partial charge in [-0.15, -0.1) is 0 Å². The molecule has 3 rings (SSSR count). The first-order valence-electron chi connectivity index (χ1n) is 9.42. The van der Waals surface area contributed by atoms with Crippen molar-refractivity contribution in [3.63, 3.8) is 0 Å². The molecule has 1 aliphatic rings. The Bertz CT molecular complexity index is 727. The van der Waals surface area contributed by atoms with Crippen molar-refractivity contribution in [2.45, 2.75) is 65.3 Å². The van der Waals surface area contributed by atoms with Crippen LogP contribution in [0.4, 0.5) is 5.69 Å². The third kappa shape index (κ3) is 3.16. The first-order valence-corrected chi connectivity index (χ1v) is 9.42. The lowest BCUT2D eigenvalue weighted by Gasteiger charge is -2.13. The Kier molecular flexibility index (Phi) is 5.14. The summed E-state index contributed by atoms with van der Waals surface area (Å²) in [5, 5.41) is 1.21. The summed E-state index contributed by atoms with van der Waals surface area (Å²) in [6, 6.07) is 0. The number of hydrogen-bond acceptors (Lipinski definition) is 3. The molecule has 0 spiro atoms. The summed E-state index contributed by atoms with van der Waals surface area (Å²) >= 11 is 0. The van der Waals surface area contributed by atoms with Gasteiger partial charge in [0.2, 0.25) is 0 Å². The van der Waals surface area contributed by atoms with Gasteiger partial charge in [0.15, 0.2) is 0 Å². The fourth-order valence-corrected chi connectivity index (χ4v) is 4.01. The maximum Gasteiger partial charge on any atom is 0.142 e. The van der Waals surface area contributed by atoms with Gasteiger partial charge in [0.1, 0.15) is 5.65 Å². The number of nitrogens with zero attached hydrogens (tertiary/aromatic N) is 3. The first-order chi connectivity index (χ1) is 11.5. The standard InChI is InChI=1S/C20H32N4/c1-14-15(2)24(13-9-8-12-23(3)4)20-18(14)19(21)16-10-6-5-7-11-17(16)22-20/h5-13H2,1-4H3,(H2,21,22). The number of nitrogens with two attached hydrogens (primary N) is 1. The molecule has 0 fully saturated rings. The van der Waals surface area contributed by atoms with E-state index in [4.69, 9.17) is 10.7 Å². The summed E-state index contributed by atoms with van der Waals surface area (Å²) < 4.78 is 2.40. The SMILES string of the molecule is Cc1c(C)n(CCCCN(C)C)c2nc3c(c(N)c12)CCCCC3. The Morgan fingerprint density at radius 1 is 1.08 bits per heavy atom. The van der Waals surface area contributed by atoms with Crippen LogP contribution in [0.25, 0.3) is 11.0 Å². The molecule has 2 aromatic rings. The van der Waals surface area contributed by atoms with Crippen molar-refractivity contribution < 1.29 is 0 Å². The van der Waals surface area contributed by atoms with Gasteiger partial charge in [0, 0.05) is 29.0 Å². The van der Waals surface area contributed by atoms with Crippen LogP contribution < -0.4 is 5.73 Å². The molecule has 2 heterocycles. The summed E-state index contributed by atoms with van der Waals surface area (Å²) in [6.07, 6.45) is 8.35. The van der Waals surface area contributed by atoms with E-state index in [-0.39, 0.29) is 0 Å². The number of rotatable bonds is 5. The molecule has 1 aliphatic carbocycles. The Labute approximate surface area is 146 Å². The van der Waals surface area contributed by atoms with Crippen molar-refractivity contribution in [2.75, 3.05) is 26.4 Å². The monoisotopic (exact) mass is 328 g/mol. The van der Waals surface area contributed by atoms with Crippen LogP contribution in [0.2, 0.25) is 0 Å². The van der Waals surface area contributed by atoms with E-state index < -0.39 is 0 Å². The average molecular weight is 329 g/mol. The predicted octanol–water partition coefficient (Wildman–Crippen LogP) is 3.85. The summed E-state index contributed by atoms with van der Waals surface area (Å²) in [4.78, 5) is 7.36. The van der Waals surface area contributed by atoms with Gasteiger partial charge in [-0.05, 0) is 84.1 Å². The second kappa shape index (κ2) is 7.14. The molecule has 0 aliphatic heterocycles. The number of fused-ring (bicyclic) bond motifs is 2. The van der Waals surface area contributed by atoms with E-state index in [1.807, 2.05) is 0 Å². The summed E-state index contributed by atoms with van der Waals surface area (Å²) in [6.45, 7) is 6.60. The molecule has 0 unspecified atom stereocenters. The lowest BCUT2D eigenvalue weighted by Crippen LogP contribution is -2.14. The van der Waals surface area contributed by atoms with E-state index in [1.165, 1.54) is 60.0 Å². The van der Waals surface area contributed by atoms with Gasteiger partial charge in [-0.2, -0.15) is 0 Å². The molecule has 0 radical (unpaired) electrons. The van der Waals surface area contributed by atoms with E-state index in [2.05, 4.69) is 37.4 Å². The summed E-state index contributed by atoms with van der Waals surface area (Å²) in [5.74, 6) is 0. The minimum Gasteiger partial charge on any atom is -0.398 e. The summed E-state index contributed by atoms with van der Waals surface area (Å²) in [7, 11) is 4.27. The Hall–Kier alpha value is -1.55. The molecule has 0 aromatic carbocycles. The second-order valence-electron chi connectivity index (χ2n) is 7.58. The molecule has 0 saturated carbocycles. The fraction of sp³-hybridized carbons (Fsp3) is 0.650. The molecule has 2 aromatic heterocycles. The maximum atomic E-state index is 6.63. The molecule has 0 bridgehead atoms. The van der Waals surface area contributed by atoms with Crippen molar-refractivity contribution in [3.8, 4) is 0 Å². The van der Waals surface area contributed by atoms with Crippen molar-refractivity contribution in [1.82, 2.24) is 14.5 Å². The summed E-state index contributed by atoms with van der Waals surface area (Å²) in [5.41, 5.74) is 14.0. The van der Waals surface area contributed by atoms with Gasteiger partial charge in [0.25, 0.3) is 0 Å². The zero-order valence-electron chi connectivity index (χ0n) is 15.8. The van der Waals surface area contributed by atoms with E-state index >= 15 is 0 Å². The number of pyridine rings is 1. The van der Waals surface area contributed by atoms with Crippen LogP contribution in [-0.4, -0.2) is 35.1 Å². The number of anilines is 1. The van der Waals surface area contributed by atoms with Gasteiger partial charge in [-0.3, -0.25) is 0 Å². The van der Waals surface area contributed by atoms with Gasteiger partial charge < -0.3 is 15.2 Å². The number of unbranched alkanes of at least 4 members (excludes halogenated alkanes) is 1. The molecule has 24 heavy (non-hydrogen) atoms. The topological polar surface area (TPSA) is 47.1 Å². The quantitative estimate of drug-likeness (QED) is 0.670. The van der Waals surface area contributed by atoms with E-state index in [0.29, 0.717) is 0 Å². The highest BCUT2D eigenvalue weighted by Crippen LogP contribution is 2.35. The Balaban J connectivity index is 1.99. The number of aromatic nitrogens is 2. The Morgan fingerprint density at radius 3 is 2.58 bits per heavy atom.